The highest BCUT2D eigenvalue weighted by atomic mass is 16.6. The van der Waals surface area contributed by atoms with Crippen LogP contribution < -0.4 is 5.32 Å². The number of likely N-dealkylation sites (tertiary alicyclic amines) is 1. The first kappa shape index (κ1) is 23.5. The Kier molecular flexibility index (Phi) is 7.99. The molecule has 1 N–H and O–H groups in total. The van der Waals surface area contributed by atoms with Gasteiger partial charge in [-0.2, -0.15) is 0 Å². The van der Waals surface area contributed by atoms with E-state index < -0.39 is 6.09 Å². The maximum Gasteiger partial charge on any atom is 0.411 e. The van der Waals surface area contributed by atoms with Crippen LogP contribution in [0.25, 0.3) is 11.3 Å². The molecule has 2 heterocycles. The van der Waals surface area contributed by atoms with Gasteiger partial charge in [0, 0.05) is 36.9 Å². The van der Waals surface area contributed by atoms with E-state index in [-0.39, 0.29) is 12.2 Å². The molecule has 172 valence electrons. The lowest BCUT2D eigenvalue weighted by Gasteiger charge is -2.36. The molecular formula is C23H31N5O4. The molecule has 3 rings (SSSR count). The fourth-order valence-electron chi connectivity index (χ4n) is 3.63. The number of carbonyl (C=O) groups is 2. The number of nitrogens with one attached hydrogen (secondary N) is 1. The summed E-state index contributed by atoms with van der Waals surface area (Å²) in [5.74, 6) is 0. The van der Waals surface area contributed by atoms with Gasteiger partial charge >= 0.3 is 12.2 Å². The molecule has 9 heteroatoms. The quantitative estimate of drug-likeness (QED) is 0.729. The first-order chi connectivity index (χ1) is 15.4. The number of hydrogen-bond donors (Lipinski definition) is 1. The van der Waals surface area contributed by atoms with Gasteiger partial charge in [-0.3, -0.25) is 20.2 Å². The second kappa shape index (κ2) is 10.9. The summed E-state index contributed by atoms with van der Waals surface area (Å²) in [5, 5.41) is 2.62. The van der Waals surface area contributed by atoms with Gasteiger partial charge in [-0.25, -0.2) is 9.59 Å². The third-order valence-corrected chi connectivity index (χ3v) is 5.41. The number of ether oxygens (including phenoxy) is 2. The Morgan fingerprint density at radius 3 is 2.41 bits per heavy atom. The lowest BCUT2D eigenvalue weighted by atomic mass is 10.0. The molecule has 0 saturated carbocycles. The number of hydrogen-bond acceptors (Lipinski definition) is 7. The van der Waals surface area contributed by atoms with E-state index in [4.69, 9.17) is 4.74 Å². The maximum absolute atomic E-state index is 12.1. The number of nitrogens with zero attached hydrogens (tertiary/aromatic N) is 4. The zero-order valence-corrected chi connectivity index (χ0v) is 19.1. The molecule has 1 aromatic heterocycles. The Bertz CT molecular complexity index is 894. The molecule has 1 aliphatic heterocycles. The third-order valence-electron chi connectivity index (χ3n) is 5.41. The lowest BCUT2D eigenvalue weighted by Crippen LogP contribution is -2.46. The average Bonchev–Trinajstić information content (AvgIpc) is 2.79. The first-order valence-corrected chi connectivity index (χ1v) is 10.8. The van der Waals surface area contributed by atoms with E-state index in [0.717, 1.165) is 29.8 Å². The fourth-order valence-corrected chi connectivity index (χ4v) is 3.63. The molecule has 0 atom stereocenters. The number of anilines is 1. The Labute approximate surface area is 188 Å². The van der Waals surface area contributed by atoms with Crippen LogP contribution in [-0.2, 0) is 16.0 Å². The van der Waals surface area contributed by atoms with Crippen LogP contribution in [0.2, 0.25) is 0 Å². The predicted molar refractivity (Wildman–Crippen MR) is 121 cm³/mol. The summed E-state index contributed by atoms with van der Waals surface area (Å²) in [4.78, 5) is 36.5. The Morgan fingerprint density at radius 1 is 1.16 bits per heavy atom. The minimum absolute atomic E-state index is 0.0982. The number of rotatable bonds is 6. The second-order valence-corrected chi connectivity index (χ2v) is 8.15. The molecule has 2 amide bonds. The molecular weight excluding hydrogens is 410 g/mol. The highest BCUT2D eigenvalue weighted by molar-refractivity contribution is 5.84. The molecule has 0 unspecified atom stereocenters. The van der Waals surface area contributed by atoms with Crippen LogP contribution in [0.3, 0.4) is 0 Å². The summed E-state index contributed by atoms with van der Waals surface area (Å²) in [7, 11) is 3.40. The number of carbonyl (C=O) groups excluding carboxylic acids is 2. The zero-order chi connectivity index (χ0) is 23.1. The van der Waals surface area contributed by atoms with Crippen molar-refractivity contribution in [2.24, 2.45) is 0 Å². The summed E-state index contributed by atoms with van der Waals surface area (Å²) in [6.45, 7) is 5.82. The Hall–Kier alpha value is -3.20. The fraction of sp³-hybridized carbons (Fsp3) is 0.478. The number of methoxy groups -OCH3 is 1. The third kappa shape index (κ3) is 6.40. The summed E-state index contributed by atoms with van der Waals surface area (Å²) in [6, 6.07) is 7.71. The number of aromatic nitrogens is 2. The van der Waals surface area contributed by atoms with Crippen molar-refractivity contribution in [1.29, 1.82) is 0 Å². The monoisotopic (exact) mass is 441 g/mol. The highest BCUT2D eigenvalue weighted by Crippen LogP contribution is 2.21. The molecule has 1 aromatic carbocycles. The van der Waals surface area contributed by atoms with Crippen LogP contribution in [-0.4, -0.2) is 71.3 Å². The van der Waals surface area contributed by atoms with Crippen LogP contribution in [0, 0.1) is 0 Å². The Morgan fingerprint density at radius 2 is 1.84 bits per heavy atom. The van der Waals surface area contributed by atoms with Crippen molar-refractivity contribution >= 4 is 17.9 Å². The van der Waals surface area contributed by atoms with Gasteiger partial charge in [-0.1, -0.05) is 12.1 Å². The average molecular weight is 442 g/mol. The van der Waals surface area contributed by atoms with Gasteiger partial charge in [0.05, 0.1) is 37.0 Å². The van der Waals surface area contributed by atoms with Crippen LogP contribution in [0.1, 0.15) is 32.4 Å². The van der Waals surface area contributed by atoms with Crippen molar-refractivity contribution in [3.63, 3.8) is 0 Å². The van der Waals surface area contributed by atoms with E-state index in [2.05, 4.69) is 32.0 Å². The largest absolute Gasteiger partial charge is 0.453 e. The number of benzene rings is 1. The molecule has 0 bridgehead atoms. The SMILES string of the molecule is COC(=O)Nc1ccc(-c2cnc(CN(C)C3CCN(C(=O)OC(C)C)CC3)cn2)cc1. The van der Waals surface area contributed by atoms with E-state index in [1.807, 2.05) is 26.0 Å². The molecule has 1 saturated heterocycles. The topological polar surface area (TPSA) is 96.9 Å². The lowest BCUT2D eigenvalue weighted by molar-refractivity contribution is 0.0575. The van der Waals surface area contributed by atoms with Crippen molar-refractivity contribution in [2.75, 3.05) is 32.6 Å². The van der Waals surface area contributed by atoms with Crippen molar-refractivity contribution < 1.29 is 19.1 Å². The zero-order valence-electron chi connectivity index (χ0n) is 19.1. The number of amides is 2. The molecule has 1 aliphatic rings. The first-order valence-electron chi connectivity index (χ1n) is 10.8. The molecule has 2 aromatic rings. The van der Waals surface area contributed by atoms with Gasteiger partial charge in [0.1, 0.15) is 0 Å². The summed E-state index contributed by atoms with van der Waals surface area (Å²) >= 11 is 0. The molecule has 1 fully saturated rings. The molecule has 32 heavy (non-hydrogen) atoms. The molecule has 9 nitrogen and oxygen atoms in total. The van der Waals surface area contributed by atoms with Crippen LogP contribution in [0.15, 0.2) is 36.7 Å². The maximum atomic E-state index is 12.1. The second-order valence-electron chi connectivity index (χ2n) is 8.15. The van der Waals surface area contributed by atoms with Crippen LogP contribution in [0.4, 0.5) is 15.3 Å². The smallest absolute Gasteiger partial charge is 0.411 e. The van der Waals surface area contributed by atoms with Gasteiger partial charge in [-0.15, -0.1) is 0 Å². The van der Waals surface area contributed by atoms with Crippen molar-refractivity contribution in [3.8, 4) is 11.3 Å². The minimum Gasteiger partial charge on any atom is -0.453 e. The predicted octanol–water partition coefficient (Wildman–Crippen LogP) is 3.76. The Balaban J connectivity index is 1.51. The molecule has 0 radical (unpaired) electrons. The summed E-state index contributed by atoms with van der Waals surface area (Å²) < 4.78 is 9.88. The van der Waals surface area contributed by atoms with Crippen molar-refractivity contribution in [3.05, 3.63) is 42.4 Å². The van der Waals surface area contributed by atoms with E-state index >= 15 is 0 Å². The van der Waals surface area contributed by atoms with Gasteiger partial charge in [0.15, 0.2) is 0 Å². The van der Waals surface area contributed by atoms with E-state index in [0.29, 0.717) is 31.4 Å². The van der Waals surface area contributed by atoms with E-state index in [1.165, 1.54) is 7.11 Å². The standard InChI is InChI=1S/C23H31N5O4/c1-16(2)32-23(30)28-11-9-20(10-12-28)27(3)15-19-13-25-21(14-24-19)17-5-7-18(8-6-17)26-22(29)31-4/h5-8,13-14,16,20H,9-12,15H2,1-4H3,(H,26,29). The van der Waals surface area contributed by atoms with Gasteiger partial charge < -0.3 is 14.4 Å². The van der Waals surface area contributed by atoms with Crippen LogP contribution >= 0.6 is 0 Å². The van der Waals surface area contributed by atoms with Crippen molar-refractivity contribution in [2.45, 2.75) is 45.4 Å². The van der Waals surface area contributed by atoms with Gasteiger partial charge in [0.2, 0.25) is 0 Å². The summed E-state index contributed by atoms with van der Waals surface area (Å²) in [6.07, 6.45) is 4.53. The van der Waals surface area contributed by atoms with E-state index in [9.17, 15) is 9.59 Å². The van der Waals surface area contributed by atoms with E-state index in [1.54, 1.807) is 29.4 Å². The normalized spacial score (nSPS) is 14.5. The van der Waals surface area contributed by atoms with Crippen molar-refractivity contribution in [1.82, 2.24) is 19.8 Å². The molecule has 0 aliphatic carbocycles. The summed E-state index contributed by atoms with van der Waals surface area (Å²) in [5.41, 5.74) is 3.21. The minimum atomic E-state index is -0.507. The van der Waals surface area contributed by atoms with Crippen LogP contribution in [0.5, 0.6) is 0 Å². The van der Waals surface area contributed by atoms with Gasteiger partial charge in [-0.05, 0) is 45.9 Å². The highest BCUT2D eigenvalue weighted by Gasteiger charge is 2.26. The number of piperidine rings is 1. The van der Waals surface area contributed by atoms with Gasteiger partial charge in [0.25, 0.3) is 0 Å². The molecule has 0 spiro atoms.